The number of hydrogen-bond donors (Lipinski definition) is 0. The van der Waals surface area contributed by atoms with Crippen molar-refractivity contribution in [2.24, 2.45) is 0 Å². The van der Waals surface area contributed by atoms with Crippen molar-refractivity contribution in [3.05, 3.63) is 28.8 Å². The molecule has 0 aliphatic carbocycles. The molecule has 1 aliphatic rings. The number of rotatable bonds is 3. The van der Waals surface area contributed by atoms with Gasteiger partial charge in [-0.1, -0.05) is 11.6 Å². The number of methoxy groups -OCH3 is 1. The van der Waals surface area contributed by atoms with Gasteiger partial charge in [0.2, 0.25) is 10.0 Å². The van der Waals surface area contributed by atoms with Gasteiger partial charge in [-0.2, -0.15) is 4.31 Å². The third-order valence-corrected chi connectivity index (χ3v) is 5.67. The van der Waals surface area contributed by atoms with Crippen LogP contribution in [0.3, 0.4) is 0 Å². The number of esters is 1. The molecule has 1 saturated heterocycles. The van der Waals surface area contributed by atoms with E-state index in [9.17, 15) is 13.2 Å². The lowest BCUT2D eigenvalue weighted by Crippen LogP contribution is -2.48. The average Bonchev–Trinajstić information content (AvgIpc) is 2.45. The molecule has 0 bridgehead atoms. The Bertz CT molecular complexity index is 666. The van der Waals surface area contributed by atoms with E-state index in [1.807, 2.05) is 13.8 Å². The monoisotopic (exact) mass is 347 g/mol. The van der Waals surface area contributed by atoms with Crippen LogP contribution in [0.4, 0.5) is 0 Å². The number of halogens is 1. The molecule has 0 saturated carbocycles. The van der Waals surface area contributed by atoms with Gasteiger partial charge in [0.25, 0.3) is 0 Å². The zero-order valence-corrected chi connectivity index (χ0v) is 14.1. The molecule has 1 aromatic carbocycles. The minimum atomic E-state index is -3.74. The van der Waals surface area contributed by atoms with Crippen LogP contribution in [0.15, 0.2) is 23.1 Å². The van der Waals surface area contributed by atoms with Crippen LogP contribution in [0, 0.1) is 0 Å². The third-order valence-electron chi connectivity index (χ3n) is 3.36. The van der Waals surface area contributed by atoms with E-state index in [0.717, 1.165) is 0 Å². The molecule has 2 rings (SSSR count). The molecule has 0 spiro atoms. The molecule has 1 aromatic rings. The van der Waals surface area contributed by atoms with Crippen LogP contribution in [-0.2, 0) is 19.5 Å². The largest absolute Gasteiger partial charge is 0.465 e. The highest BCUT2D eigenvalue weighted by atomic mass is 35.5. The Balaban J connectivity index is 2.35. The molecule has 22 heavy (non-hydrogen) atoms. The number of nitrogens with zero attached hydrogens (tertiary/aromatic N) is 1. The van der Waals surface area contributed by atoms with E-state index in [1.54, 1.807) is 0 Å². The van der Waals surface area contributed by atoms with Gasteiger partial charge in [0, 0.05) is 13.1 Å². The van der Waals surface area contributed by atoms with Gasteiger partial charge in [0.1, 0.15) is 4.90 Å². The SMILES string of the molecule is COC(=O)c1ccc(S(=O)(=O)N2C[C@H](C)O[C@@H](C)C2)c(Cl)c1. The van der Waals surface area contributed by atoms with Crippen molar-refractivity contribution in [2.45, 2.75) is 31.0 Å². The lowest BCUT2D eigenvalue weighted by molar-refractivity contribution is -0.0440. The number of benzene rings is 1. The topological polar surface area (TPSA) is 72.9 Å². The molecule has 0 unspecified atom stereocenters. The number of carbonyl (C=O) groups excluding carboxylic acids is 1. The summed E-state index contributed by atoms with van der Waals surface area (Å²) in [6.07, 6.45) is -0.377. The molecular weight excluding hydrogens is 330 g/mol. The molecule has 8 heteroatoms. The molecule has 0 N–H and O–H groups in total. The Labute approximate surface area is 135 Å². The van der Waals surface area contributed by atoms with Crippen LogP contribution in [0.2, 0.25) is 5.02 Å². The van der Waals surface area contributed by atoms with Crippen molar-refractivity contribution in [3.8, 4) is 0 Å². The molecule has 6 nitrogen and oxygen atoms in total. The van der Waals surface area contributed by atoms with Gasteiger partial charge in [-0.05, 0) is 32.0 Å². The number of carbonyl (C=O) groups is 1. The van der Waals surface area contributed by atoms with Crippen molar-refractivity contribution in [1.29, 1.82) is 0 Å². The van der Waals surface area contributed by atoms with Crippen molar-refractivity contribution in [1.82, 2.24) is 4.31 Å². The highest BCUT2D eigenvalue weighted by molar-refractivity contribution is 7.89. The Morgan fingerprint density at radius 3 is 2.41 bits per heavy atom. The van der Waals surface area contributed by atoms with Gasteiger partial charge < -0.3 is 9.47 Å². The summed E-state index contributed by atoms with van der Waals surface area (Å²) in [6.45, 7) is 4.17. The van der Waals surface area contributed by atoms with E-state index >= 15 is 0 Å². The Hall–Kier alpha value is -1.15. The van der Waals surface area contributed by atoms with Gasteiger partial charge in [-0.3, -0.25) is 0 Å². The zero-order chi connectivity index (χ0) is 16.5. The fourth-order valence-electron chi connectivity index (χ4n) is 2.42. The number of hydrogen-bond acceptors (Lipinski definition) is 5. The van der Waals surface area contributed by atoms with E-state index in [0.29, 0.717) is 0 Å². The van der Waals surface area contributed by atoms with Gasteiger partial charge >= 0.3 is 5.97 Å². The van der Waals surface area contributed by atoms with Gasteiger partial charge in [0.15, 0.2) is 0 Å². The summed E-state index contributed by atoms with van der Waals surface area (Å²) in [4.78, 5) is 11.4. The van der Waals surface area contributed by atoms with Crippen LogP contribution in [0.25, 0.3) is 0 Å². The fourth-order valence-corrected chi connectivity index (χ4v) is 4.53. The first-order valence-corrected chi connectivity index (χ1v) is 8.61. The van der Waals surface area contributed by atoms with Gasteiger partial charge in [0.05, 0.1) is 29.9 Å². The molecule has 1 aliphatic heterocycles. The maximum absolute atomic E-state index is 12.7. The molecule has 2 atom stereocenters. The van der Waals surface area contributed by atoms with Crippen molar-refractivity contribution in [2.75, 3.05) is 20.2 Å². The lowest BCUT2D eigenvalue weighted by atomic mass is 10.2. The second-order valence-electron chi connectivity index (χ2n) is 5.22. The Morgan fingerprint density at radius 1 is 1.32 bits per heavy atom. The first-order chi connectivity index (χ1) is 10.3. The van der Waals surface area contributed by atoms with Crippen LogP contribution in [-0.4, -0.2) is 51.1 Å². The normalized spacial score (nSPS) is 23.3. The summed E-state index contributed by atoms with van der Waals surface area (Å²) < 4.78 is 36.9. The van der Waals surface area contributed by atoms with Crippen LogP contribution in [0.1, 0.15) is 24.2 Å². The van der Waals surface area contributed by atoms with Crippen LogP contribution < -0.4 is 0 Å². The highest BCUT2D eigenvalue weighted by Gasteiger charge is 2.33. The van der Waals surface area contributed by atoms with E-state index in [4.69, 9.17) is 16.3 Å². The van der Waals surface area contributed by atoms with Crippen molar-refractivity contribution in [3.63, 3.8) is 0 Å². The second kappa shape index (κ2) is 6.54. The van der Waals surface area contributed by atoms with E-state index in [-0.39, 0.29) is 40.8 Å². The molecule has 0 amide bonds. The van der Waals surface area contributed by atoms with Gasteiger partial charge in [-0.25, -0.2) is 13.2 Å². The predicted octanol–water partition coefficient (Wildman–Crippen LogP) is 1.92. The third kappa shape index (κ3) is 3.43. The molecule has 122 valence electrons. The second-order valence-corrected chi connectivity index (χ2v) is 7.53. The van der Waals surface area contributed by atoms with Crippen molar-refractivity contribution >= 4 is 27.6 Å². The van der Waals surface area contributed by atoms with E-state index in [1.165, 1.54) is 29.6 Å². The highest BCUT2D eigenvalue weighted by Crippen LogP contribution is 2.28. The quantitative estimate of drug-likeness (QED) is 0.781. The lowest BCUT2D eigenvalue weighted by Gasteiger charge is -2.34. The average molecular weight is 348 g/mol. The minimum Gasteiger partial charge on any atom is -0.465 e. The Morgan fingerprint density at radius 2 is 1.91 bits per heavy atom. The van der Waals surface area contributed by atoms with Crippen LogP contribution >= 0.6 is 11.6 Å². The van der Waals surface area contributed by atoms with E-state index < -0.39 is 16.0 Å². The summed E-state index contributed by atoms with van der Waals surface area (Å²) in [7, 11) is -2.49. The summed E-state index contributed by atoms with van der Waals surface area (Å²) >= 11 is 6.06. The van der Waals surface area contributed by atoms with Crippen molar-refractivity contribution < 1.29 is 22.7 Å². The standard InChI is InChI=1S/C14H18ClNO5S/c1-9-7-16(8-10(2)21-9)22(18,19)13-5-4-11(6-12(13)15)14(17)20-3/h4-6,9-10H,7-8H2,1-3H3/t9-,10-/m0/s1. The van der Waals surface area contributed by atoms with E-state index in [2.05, 4.69) is 4.74 Å². The molecular formula is C14H18ClNO5S. The number of ether oxygens (including phenoxy) is 2. The maximum Gasteiger partial charge on any atom is 0.337 e. The zero-order valence-electron chi connectivity index (χ0n) is 12.6. The maximum atomic E-state index is 12.7. The fraction of sp³-hybridized carbons (Fsp3) is 0.500. The Kier molecular flexibility index (Phi) is 5.11. The molecule has 1 heterocycles. The number of morpholine rings is 1. The predicted molar refractivity (Wildman–Crippen MR) is 81.6 cm³/mol. The molecule has 0 aromatic heterocycles. The summed E-state index contributed by atoms with van der Waals surface area (Å²) in [5.74, 6) is -0.570. The summed E-state index contributed by atoms with van der Waals surface area (Å²) in [5, 5.41) is -0.00491. The minimum absolute atomic E-state index is 0.00491. The molecule has 0 radical (unpaired) electrons. The summed E-state index contributed by atoms with van der Waals surface area (Å²) in [6, 6.07) is 4.01. The first-order valence-electron chi connectivity index (χ1n) is 6.79. The summed E-state index contributed by atoms with van der Waals surface area (Å²) in [5.41, 5.74) is 0.204. The van der Waals surface area contributed by atoms with Crippen LogP contribution in [0.5, 0.6) is 0 Å². The first kappa shape index (κ1) is 17.2. The van der Waals surface area contributed by atoms with Gasteiger partial charge in [-0.15, -0.1) is 0 Å². The number of sulfonamides is 1. The smallest absolute Gasteiger partial charge is 0.337 e. The molecule has 1 fully saturated rings.